The summed E-state index contributed by atoms with van der Waals surface area (Å²) in [6.07, 6.45) is 1.88. The number of hydrogen-bond donors (Lipinski definition) is 4. The lowest BCUT2D eigenvalue weighted by Crippen LogP contribution is -2.27. The molecule has 0 bridgehead atoms. The van der Waals surface area contributed by atoms with Gasteiger partial charge in [-0.15, -0.1) is 0 Å². The van der Waals surface area contributed by atoms with Gasteiger partial charge in [-0.2, -0.15) is 5.26 Å². The molecule has 0 saturated carbocycles. The van der Waals surface area contributed by atoms with E-state index >= 15 is 0 Å². The summed E-state index contributed by atoms with van der Waals surface area (Å²) in [6, 6.07) is 14.9. The Morgan fingerprint density at radius 3 is 2.54 bits per heavy atom. The van der Waals surface area contributed by atoms with Crippen molar-refractivity contribution >= 4 is 11.6 Å². The van der Waals surface area contributed by atoms with Crippen LogP contribution in [-0.4, -0.2) is 22.7 Å². The van der Waals surface area contributed by atoms with Gasteiger partial charge in [0.15, 0.2) is 0 Å². The average molecular weight is 323 g/mol. The van der Waals surface area contributed by atoms with Gasteiger partial charge in [-0.3, -0.25) is 4.79 Å². The van der Waals surface area contributed by atoms with E-state index in [4.69, 9.17) is 5.26 Å². The normalized spacial score (nSPS) is 10.7. The van der Waals surface area contributed by atoms with E-state index < -0.39 is 5.91 Å². The van der Waals surface area contributed by atoms with Crippen LogP contribution in [0.25, 0.3) is 0 Å². The molecule has 0 saturated heterocycles. The van der Waals surface area contributed by atoms with Crippen LogP contribution in [0, 0.1) is 11.3 Å². The molecule has 0 aromatic heterocycles. The monoisotopic (exact) mass is 323 g/mol. The van der Waals surface area contributed by atoms with E-state index in [1.807, 2.05) is 6.07 Å². The number of benzene rings is 2. The summed E-state index contributed by atoms with van der Waals surface area (Å²) in [5, 5.41) is 33.1. The molecule has 24 heavy (non-hydrogen) atoms. The fourth-order valence-electron chi connectivity index (χ4n) is 1.98. The first-order valence-corrected chi connectivity index (χ1v) is 7.30. The molecule has 6 heteroatoms. The number of nitrogens with zero attached hydrogens (tertiary/aromatic N) is 1. The summed E-state index contributed by atoms with van der Waals surface area (Å²) in [7, 11) is 0. The molecule has 2 aromatic rings. The lowest BCUT2D eigenvalue weighted by molar-refractivity contribution is -0.117. The highest BCUT2D eigenvalue weighted by atomic mass is 16.3. The van der Waals surface area contributed by atoms with Gasteiger partial charge in [-0.1, -0.05) is 18.2 Å². The minimum Gasteiger partial charge on any atom is -0.508 e. The van der Waals surface area contributed by atoms with Crippen LogP contribution in [0.3, 0.4) is 0 Å². The van der Waals surface area contributed by atoms with Gasteiger partial charge >= 0.3 is 0 Å². The molecule has 0 aliphatic carbocycles. The molecule has 0 heterocycles. The zero-order chi connectivity index (χ0) is 17.4. The number of nitrogens with one attached hydrogen (secondary N) is 2. The van der Waals surface area contributed by atoms with Crippen LogP contribution in [-0.2, 0) is 11.2 Å². The molecule has 0 unspecified atom stereocenters. The van der Waals surface area contributed by atoms with E-state index in [1.54, 1.807) is 36.4 Å². The number of rotatable bonds is 6. The highest BCUT2D eigenvalue weighted by molar-refractivity contribution is 5.97. The highest BCUT2D eigenvalue weighted by Crippen LogP contribution is 2.15. The number of anilines is 1. The van der Waals surface area contributed by atoms with Gasteiger partial charge in [0.05, 0.1) is 0 Å². The maximum atomic E-state index is 12.0. The largest absolute Gasteiger partial charge is 0.508 e. The number of aromatic hydroxyl groups is 2. The number of phenolic OH excluding ortho intramolecular Hbond substituents is 2. The van der Waals surface area contributed by atoms with Gasteiger partial charge in [0.25, 0.3) is 5.91 Å². The van der Waals surface area contributed by atoms with E-state index in [0.29, 0.717) is 18.7 Å². The summed E-state index contributed by atoms with van der Waals surface area (Å²) in [5.74, 6) is -0.204. The second kappa shape index (κ2) is 8.25. The second-order valence-electron chi connectivity index (χ2n) is 5.04. The second-order valence-corrected chi connectivity index (χ2v) is 5.04. The molecule has 2 aromatic carbocycles. The maximum absolute atomic E-state index is 12.0. The Hall–Kier alpha value is -3.46. The van der Waals surface area contributed by atoms with Crippen molar-refractivity contribution in [1.82, 2.24) is 5.32 Å². The quantitative estimate of drug-likeness (QED) is 0.482. The third kappa shape index (κ3) is 5.07. The molecule has 0 fully saturated rings. The minimum absolute atomic E-state index is 0.0657. The Morgan fingerprint density at radius 1 is 1.12 bits per heavy atom. The Kier molecular flexibility index (Phi) is 5.81. The van der Waals surface area contributed by atoms with Gasteiger partial charge in [0.2, 0.25) is 0 Å². The van der Waals surface area contributed by atoms with Crippen LogP contribution in [0.5, 0.6) is 11.5 Å². The zero-order valence-electron chi connectivity index (χ0n) is 12.9. The molecule has 1 amide bonds. The maximum Gasteiger partial charge on any atom is 0.263 e. The third-order valence-electron chi connectivity index (χ3n) is 3.23. The first-order valence-electron chi connectivity index (χ1n) is 7.30. The van der Waals surface area contributed by atoms with Crippen molar-refractivity contribution in [2.24, 2.45) is 0 Å². The van der Waals surface area contributed by atoms with E-state index in [0.717, 1.165) is 5.56 Å². The standard InChI is InChI=1S/C18H17N3O3/c19-11-14(12-21-15-2-1-3-17(23)10-15)18(24)20-9-8-13-4-6-16(22)7-5-13/h1-7,10,12,21-23H,8-9H2,(H,20,24)/b14-12-. The topological polar surface area (TPSA) is 105 Å². The fraction of sp³-hybridized carbons (Fsp3) is 0.111. The first kappa shape index (κ1) is 16.9. The minimum atomic E-state index is -0.482. The van der Waals surface area contributed by atoms with Gasteiger partial charge in [0.1, 0.15) is 23.1 Å². The summed E-state index contributed by atoms with van der Waals surface area (Å²) in [6.45, 7) is 0.370. The molecule has 2 rings (SSSR count). The van der Waals surface area contributed by atoms with Crippen LogP contribution < -0.4 is 10.6 Å². The lowest BCUT2D eigenvalue weighted by Gasteiger charge is -2.06. The van der Waals surface area contributed by atoms with Gasteiger partial charge in [-0.25, -0.2) is 0 Å². The number of carbonyl (C=O) groups excluding carboxylic acids is 1. The van der Waals surface area contributed by atoms with Crippen molar-refractivity contribution in [3.63, 3.8) is 0 Å². The lowest BCUT2D eigenvalue weighted by atomic mass is 10.1. The Morgan fingerprint density at radius 2 is 1.88 bits per heavy atom. The molecule has 6 nitrogen and oxygen atoms in total. The summed E-state index contributed by atoms with van der Waals surface area (Å²) in [4.78, 5) is 12.0. The summed E-state index contributed by atoms with van der Waals surface area (Å²) in [5.41, 5.74) is 1.47. The van der Waals surface area contributed by atoms with Gasteiger partial charge < -0.3 is 20.8 Å². The smallest absolute Gasteiger partial charge is 0.263 e. The molecule has 0 aliphatic heterocycles. The average Bonchev–Trinajstić information content (AvgIpc) is 2.57. The molecular formula is C18H17N3O3. The van der Waals surface area contributed by atoms with Crippen LogP contribution in [0.1, 0.15) is 5.56 Å². The van der Waals surface area contributed by atoms with Crippen LogP contribution >= 0.6 is 0 Å². The number of hydrogen-bond acceptors (Lipinski definition) is 5. The molecule has 122 valence electrons. The molecular weight excluding hydrogens is 306 g/mol. The van der Waals surface area contributed by atoms with Gasteiger partial charge in [0, 0.05) is 24.5 Å². The molecule has 0 radical (unpaired) electrons. The Bertz CT molecular complexity index is 777. The van der Waals surface area contributed by atoms with Crippen molar-refractivity contribution in [1.29, 1.82) is 5.26 Å². The Balaban J connectivity index is 1.88. The number of nitriles is 1. The van der Waals surface area contributed by atoms with Crippen molar-refractivity contribution in [2.45, 2.75) is 6.42 Å². The predicted molar refractivity (Wildman–Crippen MR) is 90.2 cm³/mol. The summed E-state index contributed by atoms with van der Waals surface area (Å²) < 4.78 is 0. The van der Waals surface area contributed by atoms with Crippen LogP contribution in [0.4, 0.5) is 5.69 Å². The van der Waals surface area contributed by atoms with Crippen molar-refractivity contribution in [3.8, 4) is 17.6 Å². The highest BCUT2D eigenvalue weighted by Gasteiger charge is 2.08. The molecule has 0 atom stereocenters. The molecule has 0 spiro atoms. The number of carbonyl (C=O) groups is 1. The summed E-state index contributed by atoms with van der Waals surface area (Å²) >= 11 is 0. The first-order chi connectivity index (χ1) is 11.6. The van der Waals surface area contributed by atoms with E-state index in [9.17, 15) is 15.0 Å². The predicted octanol–water partition coefficient (Wildman–Crippen LogP) is 2.28. The molecule has 0 aliphatic rings. The van der Waals surface area contributed by atoms with E-state index in [-0.39, 0.29) is 17.1 Å². The van der Waals surface area contributed by atoms with E-state index in [1.165, 1.54) is 18.3 Å². The zero-order valence-corrected chi connectivity index (χ0v) is 12.9. The number of phenols is 2. The fourth-order valence-corrected chi connectivity index (χ4v) is 1.98. The van der Waals surface area contributed by atoms with Crippen LogP contribution in [0.15, 0.2) is 60.3 Å². The Labute approximate surface area is 139 Å². The SMILES string of the molecule is N#C/C(=C/Nc1cccc(O)c1)C(=O)NCCc1ccc(O)cc1. The van der Waals surface area contributed by atoms with Crippen molar-refractivity contribution in [3.05, 3.63) is 65.9 Å². The van der Waals surface area contributed by atoms with Crippen LogP contribution in [0.2, 0.25) is 0 Å². The van der Waals surface area contributed by atoms with Crippen molar-refractivity contribution in [2.75, 3.05) is 11.9 Å². The molecule has 4 N–H and O–H groups in total. The number of amides is 1. The van der Waals surface area contributed by atoms with E-state index in [2.05, 4.69) is 10.6 Å². The van der Waals surface area contributed by atoms with Crippen molar-refractivity contribution < 1.29 is 15.0 Å². The third-order valence-corrected chi connectivity index (χ3v) is 3.23. The van der Waals surface area contributed by atoms with Gasteiger partial charge in [-0.05, 0) is 36.2 Å².